The van der Waals surface area contributed by atoms with Crippen LogP contribution in [0, 0.1) is 13.8 Å². The number of amidine groups is 1. The van der Waals surface area contributed by atoms with Gasteiger partial charge in [0.15, 0.2) is 0 Å². The molecule has 2 aliphatic heterocycles. The second-order valence-electron chi connectivity index (χ2n) is 8.49. The van der Waals surface area contributed by atoms with E-state index >= 15 is 0 Å². The third-order valence-electron chi connectivity index (χ3n) is 5.92. The Morgan fingerprint density at radius 2 is 1.69 bits per heavy atom. The Labute approximate surface area is 209 Å². The van der Waals surface area contributed by atoms with Gasteiger partial charge < -0.3 is 4.74 Å². The highest BCUT2D eigenvalue weighted by atomic mass is 35.5. The lowest BCUT2D eigenvalue weighted by Crippen LogP contribution is -2.44. The fourth-order valence-corrected chi connectivity index (χ4v) is 4.31. The summed E-state index contributed by atoms with van der Waals surface area (Å²) < 4.78 is 5.37. The van der Waals surface area contributed by atoms with Crippen LogP contribution in [0.4, 0.5) is 5.69 Å². The number of anilines is 1. The molecule has 0 N–H and O–H groups in total. The fourth-order valence-electron chi connectivity index (χ4n) is 4.12. The highest BCUT2D eigenvalue weighted by Gasteiger charge is 2.43. The summed E-state index contributed by atoms with van der Waals surface area (Å²) in [6.07, 6.45) is 2.06. The number of rotatable bonds is 5. The number of halogens is 1. The fraction of sp³-hybridized carbons (Fsp3) is 0.179. The predicted molar refractivity (Wildman–Crippen MR) is 140 cm³/mol. The van der Waals surface area contributed by atoms with Gasteiger partial charge in [-0.05, 0) is 50.6 Å². The zero-order valence-corrected chi connectivity index (χ0v) is 20.5. The van der Waals surface area contributed by atoms with E-state index in [9.17, 15) is 4.79 Å². The second kappa shape index (κ2) is 9.39. The van der Waals surface area contributed by atoms with Crippen molar-refractivity contribution in [1.29, 1.82) is 0 Å². The molecule has 7 heteroatoms. The van der Waals surface area contributed by atoms with Crippen LogP contribution in [0.15, 0.2) is 89.0 Å². The van der Waals surface area contributed by atoms with E-state index in [0.29, 0.717) is 16.7 Å². The van der Waals surface area contributed by atoms with Gasteiger partial charge in [0.05, 0.1) is 24.0 Å². The normalized spacial score (nSPS) is 16.9. The Balaban J connectivity index is 1.69. The van der Waals surface area contributed by atoms with E-state index in [0.717, 1.165) is 22.4 Å². The van der Waals surface area contributed by atoms with Crippen molar-refractivity contribution in [2.24, 2.45) is 10.1 Å². The molecule has 176 valence electrons. The van der Waals surface area contributed by atoms with Crippen LogP contribution in [-0.4, -0.2) is 29.3 Å². The molecule has 3 aromatic carbocycles. The average Bonchev–Trinajstić information content (AvgIpc) is 3.24. The van der Waals surface area contributed by atoms with Gasteiger partial charge in [-0.3, -0.25) is 4.90 Å². The van der Waals surface area contributed by atoms with Gasteiger partial charge in [0.25, 0.3) is 0 Å². The van der Waals surface area contributed by atoms with Crippen LogP contribution >= 0.6 is 11.6 Å². The predicted octanol–water partition coefficient (Wildman–Crippen LogP) is 6.11. The molecule has 0 unspecified atom stereocenters. The number of fused-ring (bicyclic) bond motifs is 1. The molecule has 2 heterocycles. The minimum atomic E-state index is -0.506. The molecular weight excluding hydrogens is 460 g/mol. The van der Waals surface area contributed by atoms with E-state index in [2.05, 4.69) is 66.6 Å². The van der Waals surface area contributed by atoms with Crippen LogP contribution < -0.4 is 5.01 Å². The van der Waals surface area contributed by atoms with Crippen molar-refractivity contribution in [3.05, 3.63) is 106 Å². The Kier molecular flexibility index (Phi) is 6.14. The van der Waals surface area contributed by atoms with E-state index in [1.54, 1.807) is 24.1 Å². The first kappa shape index (κ1) is 22.9. The summed E-state index contributed by atoms with van der Waals surface area (Å²) in [7, 11) is 0. The molecule has 0 amide bonds. The lowest BCUT2D eigenvalue weighted by Gasteiger charge is -2.32. The topological polar surface area (TPSA) is 57.5 Å². The molecule has 0 bridgehead atoms. The van der Waals surface area contributed by atoms with Crippen molar-refractivity contribution in [2.45, 2.75) is 26.8 Å². The van der Waals surface area contributed by atoms with Gasteiger partial charge >= 0.3 is 5.97 Å². The zero-order valence-electron chi connectivity index (χ0n) is 19.8. The van der Waals surface area contributed by atoms with Crippen LogP contribution in [0.5, 0.6) is 0 Å². The third-order valence-corrected chi connectivity index (χ3v) is 6.15. The summed E-state index contributed by atoms with van der Waals surface area (Å²) in [5, 5.41) is 6.89. The molecule has 0 fully saturated rings. The van der Waals surface area contributed by atoms with E-state index in [1.807, 2.05) is 24.0 Å². The molecule has 0 aromatic heterocycles. The first-order chi connectivity index (χ1) is 16.9. The number of aliphatic imine (C=N–C) groups is 1. The smallest absolute Gasteiger partial charge is 0.376 e. The van der Waals surface area contributed by atoms with Crippen LogP contribution in [0.2, 0.25) is 5.02 Å². The maximum atomic E-state index is 13.0. The molecular formula is C28H25ClN4O2. The molecule has 35 heavy (non-hydrogen) atoms. The number of ether oxygens (including phenoxy) is 1. The van der Waals surface area contributed by atoms with Crippen LogP contribution in [0.25, 0.3) is 5.70 Å². The summed E-state index contributed by atoms with van der Waals surface area (Å²) >= 11 is 6.29. The van der Waals surface area contributed by atoms with Gasteiger partial charge in [0, 0.05) is 10.6 Å². The number of nitrogens with zero attached hydrogens (tertiary/aromatic N) is 4. The summed E-state index contributed by atoms with van der Waals surface area (Å²) in [5.41, 5.74) is 5.82. The number of carbonyl (C=O) groups is 1. The molecule has 0 aliphatic carbocycles. The molecule has 2 aliphatic rings. The Hall–Kier alpha value is -3.90. The number of hydrogen-bond donors (Lipinski definition) is 0. The summed E-state index contributed by atoms with van der Waals surface area (Å²) in [5.74, 6) is 0.184. The van der Waals surface area contributed by atoms with E-state index in [1.165, 1.54) is 5.56 Å². The van der Waals surface area contributed by atoms with Crippen LogP contribution in [-0.2, 0) is 9.53 Å². The Morgan fingerprint density at radius 3 is 2.34 bits per heavy atom. The number of benzene rings is 3. The molecule has 0 radical (unpaired) electrons. The maximum absolute atomic E-state index is 13.0. The largest absolute Gasteiger partial charge is 0.460 e. The second-order valence-corrected chi connectivity index (χ2v) is 8.93. The third kappa shape index (κ3) is 4.45. The molecule has 0 saturated heterocycles. The Bertz CT molecular complexity index is 1360. The molecule has 1 atom stereocenters. The molecule has 0 spiro atoms. The standard InChI is InChI=1S/C28H25ClN4O2/c1-4-35-27(34)26-31-33(23-7-5-6-22(29)16-23)28-30-24(20-12-8-18(2)9-13-20)17-25(32(26)28)21-14-10-19(3)11-15-21/h5-17,25H,4H2,1-3H3/t25-/m0/s1. The van der Waals surface area contributed by atoms with Crippen LogP contribution in [0.3, 0.4) is 0 Å². The SMILES string of the molecule is CCOC(=O)C1=NN(c2cccc(Cl)c2)C2=NC(c3ccc(C)cc3)=C[C@@H](c3ccc(C)cc3)N12. The van der Waals surface area contributed by atoms with Crippen molar-refractivity contribution in [3.63, 3.8) is 0 Å². The highest BCUT2D eigenvalue weighted by Crippen LogP contribution is 2.38. The van der Waals surface area contributed by atoms with Gasteiger partial charge in [0.2, 0.25) is 11.8 Å². The first-order valence-electron chi connectivity index (χ1n) is 11.5. The Morgan fingerprint density at radius 1 is 1.00 bits per heavy atom. The minimum absolute atomic E-state index is 0.176. The highest BCUT2D eigenvalue weighted by molar-refractivity contribution is 6.41. The van der Waals surface area contributed by atoms with Crippen molar-refractivity contribution >= 4 is 40.7 Å². The lowest BCUT2D eigenvalue weighted by atomic mass is 9.99. The summed E-state index contributed by atoms with van der Waals surface area (Å²) in [4.78, 5) is 19.9. The number of hydrogen-bond acceptors (Lipinski definition) is 6. The number of esters is 1. The van der Waals surface area contributed by atoms with Crippen molar-refractivity contribution < 1.29 is 9.53 Å². The molecule has 6 nitrogen and oxygen atoms in total. The zero-order chi connectivity index (χ0) is 24.5. The number of carbonyl (C=O) groups excluding carboxylic acids is 1. The lowest BCUT2D eigenvalue weighted by molar-refractivity contribution is -0.135. The first-order valence-corrected chi connectivity index (χ1v) is 11.9. The van der Waals surface area contributed by atoms with Gasteiger partial charge in [-0.15, -0.1) is 5.10 Å². The number of hydrazone groups is 1. The van der Waals surface area contributed by atoms with E-state index < -0.39 is 5.97 Å². The quantitative estimate of drug-likeness (QED) is 0.410. The van der Waals surface area contributed by atoms with Crippen LogP contribution in [0.1, 0.15) is 35.2 Å². The van der Waals surface area contributed by atoms with Gasteiger partial charge in [-0.1, -0.05) is 77.3 Å². The maximum Gasteiger partial charge on any atom is 0.376 e. The summed E-state index contributed by atoms with van der Waals surface area (Å²) in [6, 6.07) is 23.5. The minimum Gasteiger partial charge on any atom is -0.460 e. The molecule has 0 saturated carbocycles. The summed E-state index contributed by atoms with van der Waals surface area (Å²) in [6.45, 7) is 6.13. The van der Waals surface area contributed by atoms with Crippen molar-refractivity contribution in [1.82, 2.24) is 4.90 Å². The number of aryl methyl sites for hydroxylation is 2. The van der Waals surface area contributed by atoms with E-state index in [4.69, 9.17) is 21.3 Å². The molecule has 3 aromatic rings. The number of guanidine groups is 1. The molecule has 5 rings (SSSR count). The van der Waals surface area contributed by atoms with E-state index in [-0.39, 0.29) is 18.5 Å². The monoisotopic (exact) mass is 484 g/mol. The van der Waals surface area contributed by atoms with Crippen molar-refractivity contribution in [3.8, 4) is 0 Å². The van der Waals surface area contributed by atoms with Crippen molar-refractivity contribution in [2.75, 3.05) is 11.6 Å². The average molecular weight is 485 g/mol. The van der Waals surface area contributed by atoms with Gasteiger partial charge in [-0.25, -0.2) is 9.79 Å². The van der Waals surface area contributed by atoms with Gasteiger partial charge in [0.1, 0.15) is 0 Å². The van der Waals surface area contributed by atoms with Gasteiger partial charge in [-0.2, -0.15) is 5.01 Å².